The first-order valence-electron chi connectivity index (χ1n) is 10.7. The minimum Gasteiger partial charge on any atom is -0.456 e. The number of benzene rings is 1. The molecule has 0 saturated carbocycles. The minimum absolute atomic E-state index is 0.145. The third-order valence-corrected chi connectivity index (χ3v) is 5.55. The van der Waals surface area contributed by atoms with E-state index in [0.29, 0.717) is 36.7 Å². The van der Waals surface area contributed by atoms with Gasteiger partial charge in [-0.3, -0.25) is 0 Å². The first kappa shape index (κ1) is 23.3. The number of aryl methyl sites for hydroxylation is 1. The number of likely N-dealkylation sites (tertiary alicyclic amines) is 1. The molecule has 0 aliphatic carbocycles. The van der Waals surface area contributed by atoms with E-state index < -0.39 is 11.9 Å². The van der Waals surface area contributed by atoms with Gasteiger partial charge in [-0.05, 0) is 49.1 Å². The van der Waals surface area contributed by atoms with E-state index in [1.54, 1.807) is 17.9 Å². The van der Waals surface area contributed by atoms with E-state index in [1.807, 2.05) is 18.2 Å². The van der Waals surface area contributed by atoms with Crippen molar-refractivity contribution in [3.63, 3.8) is 0 Å². The van der Waals surface area contributed by atoms with Gasteiger partial charge in [-0.2, -0.15) is 13.2 Å². The molecular formula is C24H23F3N4O3. The number of carbonyl (C=O) groups excluding carboxylic acids is 1. The number of ether oxygens (including phenoxy) is 1. The van der Waals surface area contributed by atoms with Crippen LogP contribution in [0.4, 0.5) is 23.7 Å². The van der Waals surface area contributed by atoms with Crippen LogP contribution in [0.15, 0.2) is 58.9 Å². The topological polar surface area (TPSA) is 80.5 Å². The summed E-state index contributed by atoms with van der Waals surface area (Å²) in [6, 6.07) is 9.20. The summed E-state index contributed by atoms with van der Waals surface area (Å²) < 4.78 is 48.7. The number of carbonyl (C=O) groups is 1. The van der Waals surface area contributed by atoms with E-state index in [9.17, 15) is 18.0 Å². The lowest BCUT2D eigenvalue weighted by Crippen LogP contribution is -2.42. The lowest BCUT2D eigenvalue weighted by molar-refractivity contribution is -0.141. The molecule has 3 heterocycles. The van der Waals surface area contributed by atoms with Gasteiger partial charge in [-0.25, -0.2) is 9.78 Å². The molecule has 3 aromatic rings. The Hall–Kier alpha value is -3.82. The number of nitrogens with zero attached hydrogens (tertiary/aromatic N) is 3. The van der Waals surface area contributed by atoms with Crippen LogP contribution in [0.25, 0.3) is 6.08 Å². The van der Waals surface area contributed by atoms with Crippen LogP contribution < -0.4 is 10.1 Å². The zero-order valence-corrected chi connectivity index (χ0v) is 18.6. The van der Waals surface area contributed by atoms with Gasteiger partial charge < -0.3 is 19.5 Å². The molecule has 34 heavy (non-hydrogen) atoms. The predicted octanol–water partition coefficient (Wildman–Crippen LogP) is 6.15. The highest BCUT2D eigenvalue weighted by molar-refractivity contribution is 5.89. The highest BCUT2D eigenvalue weighted by Gasteiger charge is 2.32. The molecule has 1 fully saturated rings. The van der Waals surface area contributed by atoms with Crippen LogP contribution in [0.2, 0.25) is 0 Å². The van der Waals surface area contributed by atoms with Crippen LogP contribution in [0.5, 0.6) is 11.5 Å². The zero-order valence-electron chi connectivity index (χ0n) is 18.6. The third kappa shape index (κ3) is 5.56. The molecular weight excluding hydrogens is 449 g/mol. The number of halogens is 3. The Balaban J connectivity index is 1.39. The van der Waals surface area contributed by atoms with Crippen molar-refractivity contribution >= 4 is 17.8 Å². The summed E-state index contributed by atoms with van der Waals surface area (Å²) in [6.07, 6.45) is 0.805. The van der Waals surface area contributed by atoms with Crippen molar-refractivity contribution in [1.82, 2.24) is 15.0 Å². The quantitative estimate of drug-likeness (QED) is 0.493. The fourth-order valence-electron chi connectivity index (χ4n) is 3.69. The Morgan fingerprint density at radius 1 is 1.24 bits per heavy atom. The maximum atomic E-state index is 12.7. The number of pyridine rings is 1. The Kier molecular flexibility index (Phi) is 6.58. The lowest BCUT2D eigenvalue weighted by atomic mass is 9.91. The van der Waals surface area contributed by atoms with Gasteiger partial charge >= 0.3 is 12.2 Å². The molecule has 7 nitrogen and oxygen atoms in total. The molecule has 1 aliphatic rings. The van der Waals surface area contributed by atoms with Gasteiger partial charge in [0, 0.05) is 13.1 Å². The highest BCUT2D eigenvalue weighted by atomic mass is 19.4. The van der Waals surface area contributed by atoms with E-state index in [0.717, 1.165) is 17.8 Å². The van der Waals surface area contributed by atoms with Gasteiger partial charge in [0.15, 0.2) is 5.76 Å². The molecule has 2 aromatic heterocycles. The Labute approximate surface area is 194 Å². The van der Waals surface area contributed by atoms with Crippen molar-refractivity contribution in [3.8, 4) is 11.5 Å². The van der Waals surface area contributed by atoms with Crippen molar-refractivity contribution in [2.45, 2.75) is 26.4 Å². The van der Waals surface area contributed by atoms with Crippen molar-refractivity contribution in [2.75, 3.05) is 18.4 Å². The van der Waals surface area contributed by atoms with Crippen molar-refractivity contribution in [2.24, 2.45) is 5.92 Å². The first-order chi connectivity index (χ1) is 16.2. The second kappa shape index (κ2) is 9.58. The average Bonchev–Trinajstić information content (AvgIpc) is 3.19. The maximum absolute atomic E-state index is 12.7. The number of hydrogen-bond donors (Lipinski definition) is 1. The number of nitrogens with one attached hydrogen (secondary N) is 1. The second-order valence-corrected chi connectivity index (χ2v) is 8.09. The van der Waals surface area contributed by atoms with Gasteiger partial charge in [0.25, 0.3) is 0 Å². The molecule has 1 N–H and O–H groups in total. The maximum Gasteiger partial charge on any atom is 0.433 e. The number of anilines is 1. The predicted molar refractivity (Wildman–Crippen MR) is 119 cm³/mol. The van der Waals surface area contributed by atoms with Crippen molar-refractivity contribution in [3.05, 3.63) is 71.4 Å². The van der Waals surface area contributed by atoms with E-state index in [-0.39, 0.29) is 17.7 Å². The molecule has 0 spiro atoms. The molecule has 178 valence electrons. The number of piperidine rings is 1. The van der Waals surface area contributed by atoms with Crippen LogP contribution in [0.3, 0.4) is 0 Å². The van der Waals surface area contributed by atoms with Crippen molar-refractivity contribution in [1.29, 1.82) is 0 Å². The highest BCUT2D eigenvalue weighted by Crippen LogP contribution is 2.30. The Morgan fingerprint density at radius 3 is 2.71 bits per heavy atom. The van der Waals surface area contributed by atoms with Crippen LogP contribution in [-0.4, -0.2) is 34.2 Å². The Morgan fingerprint density at radius 2 is 2.06 bits per heavy atom. The van der Waals surface area contributed by atoms with Crippen LogP contribution in [0.1, 0.15) is 30.4 Å². The Bertz CT molecular complexity index is 1190. The molecule has 1 aliphatic heterocycles. The number of rotatable bonds is 4. The van der Waals surface area contributed by atoms with Crippen LogP contribution in [-0.2, 0) is 6.18 Å². The van der Waals surface area contributed by atoms with E-state index in [1.165, 1.54) is 17.8 Å². The summed E-state index contributed by atoms with van der Waals surface area (Å²) in [5.74, 6) is 1.40. The summed E-state index contributed by atoms with van der Waals surface area (Å²) in [5.41, 5.74) is 1.68. The van der Waals surface area contributed by atoms with Crippen molar-refractivity contribution < 1.29 is 27.2 Å². The number of alkyl halides is 3. The molecule has 4 rings (SSSR count). The third-order valence-electron chi connectivity index (χ3n) is 5.55. The second-order valence-electron chi connectivity index (χ2n) is 8.09. The molecule has 1 unspecified atom stereocenters. The van der Waals surface area contributed by atoms with E-state index >= 15 is 0 Å². The molecule has 10 heteroatoms. The summed E-state index contributed by atoms with van der Waals surface area (Å²) >= 11 is 0. The van der Waals surface area contributed by atoms with Gasteiger partial charge in [0.1, 0.15) is 22.9 Å². The summed E-state index contributed by atoms with van der Waals surface area (Å²) in [4.78, 5) is 17.7. The standard InChI is InChI=1S/C24H23F3N4O3/c1-15-14-31(23(32)30-21-13-29-34-16(21)2)9-8-18(15)10-17-4-3-5-19(11-17)33-20-6-7-22(28-12-20)24(25,26)27/h3-7,10-13,15H,8-9,14H2,1-2H3,(H,30,32)/b18-10+. The summed E-state index contributed by atoms with van der Waals surface area (Å²) in [7, 11) is 0. The molecule has 0 bridgehead atoms. The lowest BCUT2D eigenvalue weighted by Gasteiger charge is -2.33. The normalized spacial score (nSPS) is 17.6. The van der Waals surface area contributed by atoms with Gasteiger partial charge in [-0.15, -0.1) is 0 Å². The van der Waals surface area contributed by atoms with E-state index in [4.69, 9.17) is 9.26 Å². The smallest absolute Gasteiger partial charge is 0.433 e. The molecule has 1 atom stereocenters. The van der Waals surface area contributed by atoms with Gasteiger partial charge in [0.2, 0.25) is 0 Å². The molecule has 2 amide bonds. The van der Waals surface area contributed by atoms with Gasteiger partial charge in [-0.1, -0.05) is 35.9 Å². The first-order valence-corrected chi connectivity index (χ1v) is 10.7. The number of hydrogen-bond acceptors (Lipinski definition) is 5. The van der Waals surface area contributed by atoms with Gasteiger partial charge in [0.05, 0.1) is 12.4 Å². The summed E-state index contributed by atoms with van der Waals surface area (Å²) in [6.45, 7) is 4.92. The SMILES string of the molecule is Cc1oncc1NC(=O)N1CC/C(=C\c2cccc(Oc3ccc(C(F)(F)F)nc3)c2)C(C)C1. The van der Waals surface area contributed by atoms with Crippen LogP contribution in [0, 0.1) is 12.8 Å². The molecule has 1 saturated heterocycles. The largest absolute Gasteiger partial charge is 0.456 e. The number of urea groups is 1. The number of amides is 2. The average molecular weight is 472 g/mol. The minimum atomic E-state index is -4.49. The van der Waals surface area contributed by atoms with E-state index in [2.05, 4.69) is 28.5 Å². The molecule has 0 radical (unpaired) electrons. The fourth-order valence-corrected chi connectivity index (χ4v) is 3.69. The molecule has 1 aromatic carbocycles. The monoisotopic (exact) mass is 472 g/mol. The fraction of sp³-hybridized carbons (Fsp3) is 0.292. The summed E-state index contributed by atoms with van der Waals surface area (Å²) in [5, 5.41) is 6.48. The van der Waals surface area contributed by atoms with Crippen LogP contribution >= 0.6 is 0 Å². The zero-order chi connectivity index (χ0) is 24.3. The number of aromatic nitrogens is 2.